The van der Waals surface area contributed by atoms with Crippen molar-refractivity contribution < 1.29 is 65.3 Å². The topological polar surface area (TPSA) is 123 Å². The Morgan fingerprint density at radius 3 is 2.00 bits per heavy atom. The van der Waals surface area contributed by atoms with Crippen LogP contribution in [0.15, 0.2) is 0 Å². The molecule has 0 aliphatic rings. The van der Waals surface area contributed by atoms with Crippen LogP contribution in [-0.4, -0.2) is 66.6 Å². The molecule has 0 heterocycles. The fourth-order valence-electron chi connectivity index (χ4n) is 1.95. The summed E-state index contributed by atoms with van der Waals surface area (Å²) in [4.78, 5) is 11.4. The minimum atomic E-state index is -4.27. The Balaban J connectivity index is 0. The van der Waals surface area contributed by atoms with Gasteiger partial charge in [-0.3, -0.25) is 0 Å². The maximum Gasteiger partial charge on any atom is 1.00 e. The second-order valence-electron chi connectivity index (χ2n) is 4.76. The van der Waals surface area contributed by atoms with E-state index in [9.17, 15) is 17.8 Å². The normalized spacial score (nSPS) is 11.7. The van der Waals surface area contributed by atoms with E-state index in [-0.39, 0.29) is 42.6 Å². The standard InChI is InChI=1S/C13H29NO8SSi.Na/c1-4-20-24(21-5-2,22-6-3)12-7-9-14-13(15)19-10-8-11-23(16,17)18;/h4-12H2,1-3H3,(H,14,15)(H,16,17,18);/q;+1/p-1. The molecule has 0 atom stereocenters. The molecule has 9 nitrogen and oxygen atoms in total. The molecule has 0 bridgehead atoms. The van der Waals surface area contributed by atoms with Gasteiger partial charge in [-0.15, -0.1) is 0 Å². The molecule has 0 spiro atoms. The summed E-state index contributed by atoms with van der Waals surface area (Å²) in [6.45, 7) is 7.31. The maximum atomic E-state index is 11.4. The number of amides is 1. The Kier molecular flexibility index (Phi) is 16.9. The number of hydrogen-bond acceptors (Lipinski definition) is 8. The third-order valence-corrected chi connectivity index (χ3v) is 6.73. The average Bonchev–Trinajstić information content (AvgIpc) is 2.48. The Hall–Kier alpha value is 0.277. The third kappa shape index (κ3) is 15.1. The fraction of sp³-hybridized carbons (Fsp3) is 0.923. The molecule has 12 heteroatoms. The Labute approximate surface area is 173 Å². The van der Waals surface area contributed by atoms with Gasteiger partial charge in [0.15, 0.2) is 0 Å². The van der Waals surface area contributed by atoms with Crippen LogP contribution in [0.4, 0.5) is 4.79 Å². The minimum absolute atomic E-state index is 0. The van der Waals surface area contributed by atoms with E-state index in [1.54, 1.807) is 0 Å². The van der Waals surface area contributed by atoms with Crippen LogP contribution in [0.5, 0.6) is 0 Å². The molecule has 0 unspecified atom stereocenters. The summed E-state index contributed by atoms with van der Waals surface area (Å²) in [7, 11) is -6.99. The second-order valence-corrected chi connectivity index (χ2v) is 9.02. The van der Waals surface area contributed by atoms with Crippen molar-refractivity contribution in [3.8, 4) is 0 Å². The predicted molar refractivity (Wildman–Crippen MR) is 88.6 cm³/mol. The molecule has 0 saturated heterocycles. The average molecular weight is 410 g/mol. The largest absolute Gasteiger partial charge is 1.00 e. The number of carbonyl (C=O) groups is 1. The van der Waals surface area contributed by atoms with E-state index < -0.39 is 30.8 Å². The minimum Gasteiger partial charge on any atom is -0.748 e. The van der Waals surface area contributed by atoms with Gasteiger partial charge in [-0.25, -0.2) is 13.2 Å². The Morgan fingerprint density at radius 1 is 1.04 bits per heavy atom. The van der Waals surface area contributed by atoms with Gasteiger partial charge in [0.05, 0.1) is 16.7 Å². The van der Waals surface area contributed by atoms with Gasteiger partial charge < -0.3 is 27.9 Å². The van der Waals surface area contributed by atoms with Crippen LogP contribution in [0.25, 0.3) is 0 Å². The first kappa shape index (κ1) is 27.5. The fourth-order valence-corrected chi connectivity index (χ4v) is 5.03. The molecule has 0 aliphatic heterocycles. The SMILES string of the molecule is CCO[Si](CCCNC(=O)OCCCS(=O)(=O)[O-])(OCC)OCC.[Na+]. The van der Waals surface area contributed by atoms with Crippen LogP contribution < -0.4 is 34.9 Å². The summed E-state index contributed by atoms with van der Waals surface area (Å²) < 4.78 is 53.0. The zero-order chi connectivity index (χ0) is 18.5. The van der Waals surface area contributed by atoms with Crippen LogP contribution in [0.2, 0.25) is 6.04 Å². The van der Waals surface area contributed by atoms with Crippen molar-refractivity contribution in [1.29, 1.82) is 0 Å². The first-order chi connectivity index (χ1) is 11.3. The molecule has 1 N–H and O–H groups in total. The molecule has 0 rings (SSSR count). The summed E-state index contributed by atoms with van der Waals surface area (Å²) in [5, 5.41) is 2.55. The van der Waals surface area contributed by atoms with E-state index in [1.807, 2.05) is 20.8 Å². The molecule has 0 aromatic heterocycles. The maximum absolute atomic E-state index is 11.4. The molecule has 0 aliphatic carbocycles. The molecule has 25 heavy (non-hydrogen) atoms. The van der Waals surface area contributed by atoms with Crippen LogP contribution >= 0.6 is 0 Å². The van der Waals surface area contributed by atoms with E-state index >= 15 is 0 Å². The zero-order valence-corrected chi connectivity index (χ0v) is 19.4. The van der Waals surface area contributed by atoms with E-state index in [0.29, 0.717) is 38.8 Å². The molecule has 0 aromatic carbocycles. The number of nitrogens with one attached hydrogen (secondary N) is 1. The van der Waals surface area contributed by atoms with E-state index in [1.165, 1.54) is 0 Å². The molecular weight excluding hydrogens is 381 g/mol. The molecule has 0 radical (unpaired) electrons. The number of carbonyl (C=O) groups excluding carboxylic acids is 1. The molecule has 0 saturated carbocycles. The Morgan fingerprint density at radius 2 is 1.56 bits per heavy atom. The van der Waals surface area contributed by atoms with Crippen molar-refractivity contribution in [3.63, 3.8) is 0 Å². The van der Waals surface area contributed by atoms with E-state index in [2.05, 4.69) is 5.32 Å². The van der Waals surface area contributed by atoms with Crippen LogP contribution in [0.1, 0.15) is 33.6 Å². The second kappa shape index (κ2) is 15.3. The molecular formula is C13H28NNaO8SSi. The van der Waals surface area contributed by atoms with Crippen molar-refractivity contribution >= 4 is 25.0 Å². The molecule has 0 fully saturated rings. The monoisotopic (exact) mass is 409 g/mol. The molecule has 144 valence electrons. The summed E-state index contributed by atoms with van der Waals surface area (Å²) in [5.41, 5.74) is 0. The van der Waals surface area contributed by atoms with Crippen molar-refractivity contribution in [1.82, 2.24) is 5.32 Å². The van der Waals surface area contributed by atoms with Crippen LogP contribution in [0, 0.1) is 0 Å². The van der Waals surface area contributed by atoms with Gasteiger partial charge in [-0.05, 0) is 33.6 Å². The van der Waals surface area contributed by atoms with Gasteiger partial charge >= 0.3 is 44.5 Å². The Bertz CT molecular complexity index is 434. The zero-order valence-electron chi connectivity index (χ0n) is 15.5. The van der Waals surface area contributed by atoms with Crippen molar-refractivity contribution in [2.75, 3.05) is 38.7 Å². The number of rotatable bonds is 14. The van der Waals surface area contributed by atoms with Crippen LogP contribution in [0.3, 0.4) is 0 Å². The number of ether oxygens (including phenoxy) is 1. The first-order valence-corrected chi connectivity index (χ1v) is 11.6. The van der Waals surface area contributed by atoms with Gasteiger partial charge in [0.2, 0.25) is 0 Å². The summed E-state index contributed by atoms with van der Waals surface area (Å²) in [6.07, 6.45) is -0.0836. The van der Waals surface area contributed by atoms with Crippen molar-refractivity contribution in [2.24, 2.45) is 0 Å². The van der Waals surface area contributed by atoms with E-state index in [0.717, 1.165) is 0 Å². The van der Waals surface area contributed by atoms with Gasteiger partial charge in [-0.1, -0.05) is 0 Å². The van der Waals surface area contributed by atoms with Gasteiger partial charge in [-0.2, -0.15) is 0 Å². The number of hydrogen-bond donors (Lipinski definition) is 1. The summed E-state index contributed by atoms with van der Waals surface area (Å²) in [5.74, 6) is -0.550. The molecule has 0 aromatic rings. The smallest absolute Gasteiger partial charge is 0.748 e. The van der Waals surface area contributed by atoms with E-state index in [4.69, 9.17) is 18.0 Å². The van der Waals surface area contributed by atoms with Gasteiger partial charge in [0, 0.05) is 38.2 Å². The van der Waals surface area contributed by atoms with Gasteiger partial charge in [0.25, 0.3) is 0 Å². The summed E-state index contributed by atoms with van der Waals surface area (Å²) >= 11 is 0. The van der Waals surface area contributed by atoms with Crippen LogP contribution in [-0.2, 0) is 28.1 Å². The van der Waals surface area contributed by atoms with Crippen molar-refractivity contribution in [3.05, 3.63) is 0 Å². The number of alkyl carbamates (subject to hydrolysis) is 1. The first-order valence-electron chi connectivity index (χ1n) is 8.04. The quantitative estimate of drug-likeness (QED) is 0.200. The molecule has 1 amide bonds. The predicted octanol–water partition coefficient (Wildman–Crippen LogP) is -1.91. The summed E-state index contributed by atoms with van der Waals surface area (Å²) in [6, 6.07) is 0.567. The van der Waals surface area contributed by atoms with Crippen molar-refractivity contribution in [2.45, 2.75) is 39.7 Å². The van der Waals surface area contributed by atoms with Gasteiger partial charge in [0.1, 0.15) is 0 Å². The third-order valence-electron chi connectivity index (χ3n) is 2.79.